The minimum absolute atomic E-state index is 0.115. The molecule has 4 nitrogen and oxygen atoms in total. The molecule has 0 aromatic heterocycles. The van der Waals surface area contributed by atoms with Gasteiger partial charge in [0.25, 0.3) is 11.8 Å². The predicted octanol–water partition coefficient (Wildman–Crippen LogP) is 2.67. The van der Waals surface area contributed by atoms with Crippen LogP contribution in [0.25, 0.3) is 0 Å². The zero-order valence-electron chi connectivity index (χ0n) is 12.3. The summed E-state index contributed by atoms with van der Waals surface area (Å²) in [5.41, 5.74) is 0.231. The van der Waals surface area contributed by atoms with Crippen LogP contribution in [0.4, 0.5) is 0 Å². The van der Waals surface area contributed by atoms with Crippen molar-refractivity contribution in [1.29, 1.82) is 0 Å². The number of hydrogen-bond acceptors (Lipinski definition) is 4. The molecule has 0 amide bonds. The minimum Gasteiger partial charge on any atom is -0.472 e. The molecule has 0 unspecified atom stereocenters. The molecular formula is C14H24N2O2. The van der Waals surface area contributed by atoms with E-state index in [1.54, 1.807) is 0 Å². The normalized spacial score (nSPS) is 28.6. The van der Waals surface area contributed by atoms with Gasteiger partial charge in [0.1, 0.15) is 13.2 Å². The molecule has 18 heavy (non-hydrogen) atoms. The lowest BCUT2D eigenvalue weighted by atomic mass is 9.88. The molecule has 2 aliphatic rings. The summed E-state index contributed by atoms with van der Waals surface area (Å²) in [6.07, 6.45) is 0. The van der Waals surface area contributed by atoms with E-state index in [4.69, 9.17) is 9.47 Å². The zero-order valence-corrected chi connectivity index (χ0v) is 12.3. The van der Waals surface area contributed by atoms with Crippen LogP contribution in [0, 0.1) is 10.8 Å². The first-order chi connectivity index (χ1) is 8.18. The van der Waals surface area contributed by atoms with E-state index in [2.05, 4.69) is 51.5 Å². The van der Waals surface area contributed by atoms with Crippen LogP contribution in [-0.2, 0) is 9.47 Å². The number of aliphatic imine (C=N–C) groups is 2. The lowest BCUT2D eigenvalue weighted by molar-refractivity contribution is 0.225. The first kappa shape index (κ1) is 13.4. The third-order valence-electron chi connectivity index (χ3n) is 3.48. The lowest BCUT2D eigenvalue weighted by Crippen LogP contribution is -2.25. The van der Waals surface area contributed by atoms with Gasteiger partial charge in [-0.2, -0.15) is 0 Å². The van der Waals surface area contributed by atoms with Gasteiger partial charge in [-0.15, -0.1) is 0 Å². The second-order valence-corrected chi connectivity index (χ2v) is 7.25. The second kappa shape index (κ2) is 4.25. The second-order valence-electron chi connectivity index (χ2n) is 7.25. The zero-order chi connectivity index (χ0) is 13.6. The van der Waals surface area contributed by atoms with E-state index in [-0.39, 0.29) is 22.9 Å². The van der Waals surface area contributed by atoms with Crippen molar-refractivity contribution in [3.8, 4) is 0 Å². The van der Waals surface area contributed by atoms with Crippen LogP contribution in [0.1, 0.15) is 41.5 Å². The third-order valence-corrected chi connectivity index (χ3v) is 3.48. The molecule has 0 aliphatic carbocycles. The number of nitrogens with zero attached hydrogens (tertiary/aromatic N) is 2. The van der Waals surface area contributed by atoms with Crippen molar-refractivity contribution in [2.75, 3.05) is 13.2 Å². The third kappa shape index (κ3) is 2.68. The number of ether oxygens (including phenoxy) is 2. The van der Waals surface area contributed by atoms with Gasteiger partial charge in [0, 0.05) is 0 Å². The van der Waals surface area contributed by atoms with Crippen LogP contribution in [0.5, 0.6) is 0 Å². The van der Waals surface area contributed by atoms with Crippen LogP contribution < -0.4 is 0 Å². The SMILES string of the molecule is CC(C)(C)[C@@H]1COC(C2=N[C@H](C(C)(C)C)CO2)=N1. The van der Waals surface area contributed by atoms with Crippen LogP contribution in [0.15, 0.2) is 9.98 Å². The molecule has 2 rings (SSSR count). The molecule has 0 saturated carbocycles. The van der Waals surface area contributed by atoms with Crippen LogP contribution >= 0.6 is 0 Å². The summed E-state index contributed by atoms with van der Waals surface area (Å²) in [4.78, 5) is 9.19. The molecule has 0 aromatic carbocycles. The van der Waals surface area contributed by atoms with E-state index in [0.29, 0.717) is 25.0 Å². The van der Waals surface area contributed by atoms with E-state index in [0.717, 1.165) is 0 Å². The predicted molar refractivity (Wildman–Crippen MR) is 73.3 cm³/mol. The fourth-order valence-electron chi connectivity index (χ4n) is 1.87. The molecule has 0 aromatic rings. The monoisotopic (exact) mass is 252 g/mol. The van der Waals surface area contributed by atoms with E-state index < -0.39 is 0 Å². The molecule has 2 heterocycles. The minimum atomic E-state index is 0.115. The molecule has 0 fully saturated rings. The van der Waals surface area contributed by atoms with Gasteiger partial charge in [-0.05, 0) is 10.8 Å². The summed E-state index contributed by atoms with van der Waals surface area (Å²) in [6, 6.07) is 0.375. The fourth-order valence-corrected chi connectivity index (χ4v) is 1.87. The van der Waals surface area contributed by atoms with Gasteiger partial charge in [-0.25, -0.2) is 9.98 Å². The van der Waals surface area contributed by atoms with Gasteiger partial charge >= 0.3 is 0 Å². The summed E-state index contributed by atoms with van der Waals surface area (Å²) in [5.74, 6) is 1.17. The molecule has 0 saturated heterocycles. The summed E-state index contributed by atoms with van der Waals surface area (Å²) in [7, 11) is 0. The largest absolute Gasteiger partial charge is 0.472 e. The maximum Gasteiger partial charge on any atom is 0.273 e. The topological polar surface area (TPSA) is 43.2 Å². The maximum atomic E-state index is 5.63. The molecule has 102 valence electrons. The highest BCUT2D eigenvalue weighted by Gasteiger charge is 2.37. The Morgan fingerprint density at radius 2 is 1.11 bits per heavy atom. The van der Waals surface area contributed by atoms with Gasteiger partial charge in [-0.3, -0.25) is 0 Å². The van der Waals surface area contributed by atoms with Crippen LogP contribution in [0.2, 0.25) is 0 Å². The molecule has 0 N–H and O–H groups in total. The molecule has 2 atom stereocenters. The molecule has 4 heteroatoms. The maximum absolute atomic E-state index is 5.63. The highest BCUT2D eigenvalue weighted by atomic mass is 16.5. The summed E-state index contributed by atoms with van der Waals surface area (Å²) in [5, 5.41) is 0. The Hall–Kier alpha value is -1.06. The molecule has 0 spiro atoms. The van der Waals surface area contributed by atoms with Crippen molar-refractivity contribution < 1.29 is 9.47 Å². The highest BCUT2D eigenvalue weighted by Crippen LogP contribution is 2.29. The van der Waals surface area contributed by atoms with Crippen LogP contribution in [0.3, 0.4) is 0 Å². The van der Waals surface area contributed by atoms with Gasteiger partial charge in [0.2, 0.25) is 0 Å². The average molecular weight is 252 g/mol. The number of rotatable bonds is 1. The van der Waals surface area contributed by atoms with Crippen molar-refractivity contribution in [3.05, 3.63) is 0 Å². The Morgan fingerprint density at radius 3 is 1.33 bits per heavy atom. The van der Waals surface area contributed by atoms with Crippen molar-refractivity contribution in [2.24, 2.45) is 20.8 Å². The standard InChI is InChI=1S/C14H24N2O2/c1-13(2,3)9-7-17-11(15-9)12-16-10(8-18-12)14(4,5)6/h9-10H,7-8H2,1-6H3/t9-,10-/m0/s1. The quantitative estimate of drug-likeness (QED) is 0.720. The summed E-state index contributed by atoms with van der Waals surface area (Å²) in [6.45, 7) is 14.3. The Balaban J connectivity index is 2.11. The van der Waals surface area contributed by atoms with Crippen molar-refractivity contribution in [2.45, 2.75) is 53.6 Å². The Kier molecular flexibility index (Phi) is 3.16. The van der Waals surface area contributed by atoms with E-state index in [9.17, 15) is 0 Å². The van der Waals surface area contributed by atoms with Gasteiger partial charge in [0.15, 0.2) is 0 Å². The summed E-state index contributed by atoms with van der Waals surface area (Å²) < 4.78 is 11.3. The van der Waals surface area contributed by atoms with Gasteiger partial charge in [0.05, 0.1) is 12.1 Å². The molecule has 0 bridgehead atoms. The first-order valence-corrected chi connectivity index (χ1v) is 6.59. The first-order valence-electron chi connectivity index (χ1n) is 6.59. The van der Waals surface area contributed by atoms with E-state index in [1.807, 2.05) is 0 Å². The molecular weight excluding hydrogens is 228 g/mol. The fraction of sp³-hybridized carbons (Fsp3) is 0.857. The van der Waals surface area contributed by atoms with E-state index >= 15 is 0 Å². The Bertz CT molecular complexity index is 348. The van der Waals surface area contributed by atoms with Gasteiger partial charge in [-0.1, -0.05) is 41.5 Å². The number of hydrogen-bond donors (Lipinski definition) is 0. The lowest BCUT2D eigenvalue weighted by Gasteiger charge is -2.21. The molecule has 0 radical (unpaired) electrons. The van der Waals surface area contributed by atoms with Crippen molar-refractivity contribution >= 4 is 11.8 Å². The van der Waals surface area contributed by atoms with Crippen LogP contribution in [-0.4, -0.2) is 37.1 Å². The Morgan fingerprint density at radius 1 is 0.778 bits per heavy atom. The summed E-state index contributed by atoms with van der Waals surface area (Å²) >= 11 is 0. The van der Waals surface area contributed by atoms with Gasteiger partial charge < -0.3 is 9.47 Å². The highest BCUT2D eigenvalue weighted by molar-refractivity contribution is 6.36. The van der Waals surface area contributed by atoms with Crippen molar-refractivity contribution in [3.63, 3.8) is 0 Å². The smallest absolute Gasteiger partial charge is 0.273 e. The Labute approximate surface area is 109 Å². The van der Waals surface area contributed by atoms with E-state index in [1.165, 1.54) is 0 Å². The van der Waals surface area contributed by atoms with Crippen molar-refractivity contribution in [1.82, 2.24) is 0 Å². The molecule has 2 aliphatic heterocycles. The average Bonchev–Trinajstić information content (AvgIpc) is 2.84.